The first-order chi connectivity index (χ1) is 39.4. The highest BCUT2D eigenvalue weighted by Crippen LogP contribution is 2.27. The van der Waals surface area contributed by atoms with Crippen LogP contribution >= 0.6 is 0 Å². The Bertz CT molecular complexity index is 2940. The first-order valence-electron chi connectivity index (χ1n) is 25.7. The molecule has 9 fully saturated rings. The van der Waals surface area contributed by atoms with Crippen LogP contribution in [0.2, 0.25) is 0 Å². The van der Waals surface area contributed by atoms with Gasteiger partial charge in [0, 0.05) is 0 Å². The quantitative estimate of drug-likeness (QED) is 0.138. The van der Waals surface area contributed by atoms with Gasteiger partial charge in [0.1, 0.15) is 63.6 Å². The standard InChI is InChI=1S/C9H14O6S.C8H12O6S.C7H10O6S.2C7H12O6S.C5H6O6S/c10-9(8-6-13-16(11,12)15-8)14-7-4-2-1-3-5-7;9-8(13-6-3-1-2-4-6)7-5-12-15(10,11)14-7;8-7(12-5-2-1-3-5)6-4-11-14(9,10)13-6;1-7(2,3)12-6(8)5-4-11-14(9,10)13-5;1-3-5(2)12-7(8)6-4-11-14(9,10)13-6;1-2-9-5(6)4-3-10-12(7,8)11-4/h7-8H,1-6H2;6-7H,1-5H2;5-6H,1-4H2;5H,4H2,1-3H3;5-6H,3-4H2,1-2H3;2,4H,1,3H2. The highest BCUT2D eigenvalue weighted by Gasteiger charge is 2.42. The molecular formula is C43H66O36S6. The molecule has 0 radical (unpaired) electrons. The van der Waals surface area contributed by atoms with Crippen molar-refractivity contribution in [3.05, 3.63) is 12.8 Å². The SMILES string of the molecule is C=COC(=O)C1COS(=O)(=O)O1.CC(C)(C)OC(=O)C1COS(=O)(=O)O1.CCC(C)OC(=O)C1COS(=O)(=O)O1.O=C(OC1CCC1)C1COS(=O)(=O)O1.O=C(OC1CCCC1)C1COS(=O)(=O)O1.O=C(OC1CCCCC1)C1COS(=O)(=O)O1. The molecule has 0 aromatic heterocycles. The molecule has 6 saturated heterocycles. The molecule has 85 heavy (non-hydrogen) atoms. The Labute approximate surface area is 491 Å². The van der Waals surface area contributed by atoms with Crippen LogP contribution in [0.3, 0.4) is 0 Å². The molecule has 3 aliphatic carbocycles. The summed E-state index contributed by atoms with van der Waals surface area (Å²) in [7, 11) is -23.9. The lowest BCUT2D eigenvalue weighted by molar-refractivity contribution is -0.163. The number of carbonyl (C=O) groups is 6. The predicted octanol–water partition coefficient (Wildman–Crippen LogP) is -0.293. The van der Waals surface area contributed by atoms with Crippen molar-refractivity contribution >= 4 is 98.2 Å². The molecule has 6 heterocycles. The fourth-order valence-electron chi connectivity index (χ4n) is 6.98. The first kappa shape index (κ1) is 73.3. The minimum atomic E-state index is -4.00. The van der Waals surface area contributed by atoms with Gasteiger partial charge in [-0.15, -0.1) is 0 Å². The second kappa shape index (κ2) is 32.3. The van der Waals surface area contributed by atoms with Gasteiger partial charge in [-0.25, -0.2) is 79.0 Å². The maximum atomic E-state index is 11.5. The normalized spacial score (nSPS) is 28.7. The molecule has 0 N–H and O–H groups in total. The number of rotatable bonds is 12. The summed E-state index contributed by atoms with van der Waals surface area (Å²) < 4.78 is 209. The van der Waals surface area contributed by atoms with E-state index in [9.17, 15) is 79.3 Å². The second-order valence-corrected chi connectivity index (χ2v) is 27.0. The third-order valence-electron chi connectivity index (χ3n) is 11.4. The summed E-state index contributed by atoms with van der Waals surface area (Å²) in [5.74, 6) is -4.24. The molecule has 7 atom stereocenters. The van der Waals surface area contributed by atoms with Gasteiger partial charge in [0.2, 0.25) is 36.6 Å². The monoisotopic (exact) mass is 1350 g/mol. The minimum Gasteiger partial charge on any atom is -0.461 e. The fraction of sp³-hybridized carbons (Fsp3) is 0.814. The van der Waals surface area contributed by atoms with E-state index < -0.39 is 140 Å². The van der Waals surface area contributed by atoms with Crippen molar-refractivity contribution < 1.29 is 158 Å². The van der Waals surface area contributed by atoms with Gasteiger partial charge in [-0.3, -0.25) is 0 Å². The van der Waals surface area contributed by atoms with Crippen LogP contribution in [0.5, 0.6) is 0 Å². The molecule has 7 unspecified atom stereocenters. The third-order valence-corrected chi connectivity index (χ3v) is 16.8. The Hall–Kier alpha value is -4.22. The number of hydrogen-bond donors (Lipinski definition) is 0. The van der Waals surface area contributed by atoms with Gasteiger partial charge in [0.25, 0.3) is 0 Å². The second-order valence-electron chi connectivity index (χ2n) is 19.5. The van der Waals surface area contributed by atoms with E-state index in [1.807, 2.05) is 6.92 Å². The smallest absolute Gasteiger partial charge is 0.400 e. The maximum absolute atomic E-state index is 11.5. The van der Waals surface area contributed by atoms with Crippen LogP contribution in [0.15, 0.2) is 12.8 Å². The number of esters is 6. The Morgan fingerprint density at radius 3 is 0.918 bits per heavy atom. The molecule has 0 bridgehead atoms. The van der Waals surface area contributed by atoms with Crippen molar-refractivity contribution in [1.29, 1.82) is 0 Å². The van der Waals surface area contributed by atoms with Crippen LogP contribution in [0, 0.1) is 0 Å². The van der Waals surface area contributed by atoms with Gasteiger partial charge >= 0.3 is 98.2 Å². The van der Waals surface area contributed by atoms with Gasteiger partial charge in [0.05, 0.1) is 12.4 Å². The molecule has 3 saturated carbocycles. The number of carbonyl (C=O) groups excluding carboxylic acids is 6. The van der Waals surface area contributed by atoms with E-state index in [2.05, 4.69) is 61.5 Å². The zero-order chi connectivity index (χ0) is 63.6. The van der Waals surface area contributed by atoms with Gasteiger partial charge in [0.15, 0.2) is 0 Å². The van der Waals surface area contributed by atoms with E-state index in [0.29, 0.717) is 6.42 Å². The van der Waals surface area contributed by atoms with Crippen molar-refractivity contribution in [3.8, 4) is 0 Å². The average Bonchev–Trinajstić information content (AvgIpc) is 4.25. The zero-order valence-corrected chi connectivity index (χ0v) is 51.0. The minimum absolute atomic E-state index is 0.0746. The molecule has 0 spiro atoms. The van der Waals surface area contributed by atoms with Gasteiger partial charge in [-0.05, 0) is 105 Å². The molecule has 42 heteroatoms. The molecule has 6 aliphatic heterocycles. The van der Waals surface area contributed by atoms with Crippen LogP contribution in [0.4, 0.5) is 0 Å². The molecule has 9 rings (SSSR count). The van der Waals surface area contributed by atoms with Crippen LogP contribution in [-0.4, -0.2) is 193 Å². The highest BCUT2D eigenvalue weighted by molar-refractivity contribution is 7.83. The highest BCUT2D eigenvalue weighted by atomic mass is 32.3. The summed E-state index contributed by atoms with van der Waals surface area (Å²) in [6.45, 7) is 9.87. The van der Waals surface area contributed by atoms with Crippen LogP contribution in [-0.2, 0) is 170 Å². The Balaban J connectivity index is 0.000000219. The van der Waals surface area contributed by atoms with Crippen molar-refractivity contribution in [2.45, 2.75) is 185 Å². The van der Waals surface area contributed by atoms with E-state index in [1.165, 1.54) is 0 Å². The summed E-state index contributed by atoms with van der Waals surface area (Å²) in [5, 5.41) is 0. The van der Waals surface area contributed by atoms with E-state index in [0.717, 1.165) is 83.3 Å². The summed E-state index contributed by atoms with van der Waals surface area (Å²) in [4.78, 5) is 67.4. The van der Waals surface area contributed by atoms with Crippen LogP contribution < -0.4 is 0 Å². The van der Waals surface area contributed by atoms with Crippen LogP contribution in [0.25, 0.3) is 0 Å². The topological polar surface area (TPSA) is 473 Å². The maximum Gasteiger partial charge on any atom is 0.400 e. The van der Waals surface area contributed by atoms with Crippen LogP contribution in [0.1, 0.15) is 118 Å². The molecule has 9 aliphatic rings. The largest absolute Gasteiger partial charge is 0.461 e. The lowest BCUT2D eigenvalue weighted by atomic mass is 9.96. The van der Waals surface area contributed by atoms with Gasteiger partial charge < -0.3 is 28.4 Å². The molecular weight excluding hydrogens is 1280 g/mol. The zero-order valence-electron chi connectivity index (χ0n) is 46.1. The summed E-state index contributed by atoms with van der Waals surface area (Å²) in [6, 6.07) is 0. The van der Waals surface area contributed by atoms with Crippen molar-refractivity contribution in [2.75, 3.05) is 39.6 Å². The Kier molecular flexibility index (Phi) is 27.8. The number of ether oxygens (including phenoxy) is 6. The molecule has 0 aromatic carbocycles. The van der Waals surface area contributed by atoms with E-state index >= 15 is 0 Å². The van der Waals surface area contributed by atoms with E-state index in [1.54, 1.807) is 27.7 Å². The summed E-state index contributed by atoms with van der Waals surface area (Å²) >= 11 is 0. The van der Waals surface area contributed by atoms with Crippen molar-refractivity contribution in [2.24, 2.45) is 0 Å². The molecule has 0 aromatic rings. The van der Waals surface area contributed by atoms with Crippen molar-refractivity contribution in [1.82, 2.24) is 0 Å². The first-order valence-corrected chi connectivity index (χ1v) is 33.7. The van der Waals surface area contributed by atoms with E-state index in [4.69, 9.17) is 23.7 Å². The van der Waals surface area contributed by atoms with Crippen molar-refractivity contribution in [3.63, 3.8) is 0 Å². The fourth-order valence-corrected chi connectivity index (χ4v) is 11.6. The Morgan fingerprint density at radius 1 is 0.424 bits per heavy atom. The summed E-state index contributed by atoms with van der Waals surface area (Å²) in [6.07, 6.45) is 5.47. The predicted molar refractivity (Wildman–Crippen MR) is 271 cm³/mol. The average molecular weight is 1350 g/mol. The third kappa shape index (κ3) is 27.4. The van der Waals surface area contributed by atoms with Gasteiger partial charge in [-0.1, -0.05) is 19.9 Å². The Morgan fingerprint density at radius 2 is 0.682 bits per heavy atom. The molecule has 0 amide bonds. The van der Waals surface area contributed by atoms with Gasteiger partial charge in [-0.2, -0.15) is 50.5 Å². The molecule has 36 nitrogen and oxygen atoms in total. The van der Waals surface area contributed by atoms with E-state index in [-0.39, 0.29) is 64.1 Å². The number of hydrogen-bond acceptors (Lipinski definition) is 36. The summed E-state index contributed by atoms with van der Waals surface area (Å²) in [5.41, 5.74) is -0.674. The molecule has 490 valence electrons. The lowest BCUT2D eigenvalue weighted by Gasteiger charge is -2.25. The lowest BCUT2D eigenvalue weighted by Crippen LogP contribution is -2.33.